The summed E-state index contributed by atoms with van der Waals surface area (Å²) in [5, 5.41) is 29.1. The Kier molecular flexibility index (Phi) is 16.9. The van der Waals surface area contributed by atoms with Crippen LogP contribution in [-0.2, 0) is 38.4 Å². The van der Waals surface area contributed by atoms with Gasteiger partial charge in [0.2, 0.25) is 35.4 Å². The number of amides is 6. The Labute approximate surface area is 235 Å². The van der Waals surface area contributed by atoms with Gasteiger partial charge in [-0.3, -0.25) is 33.6 Å². The van der Waals surface area contributed by atoms with E-state index in [1.54, 1.807) is 0 Å². The summed E-state index contributed by atoms with van der Waals surface area (Å²) in [5.41, 5.74) is 16.2. The van der Waals surface area contributed by atoms with Crippen molar-refractivity contribution in [1.29, 1.82) is 0 Å². The second-order valence-electron chi connectivity index (χ2n) is 9.20. The van der Waals surface area contributed by atoms with Gasteiger partial charge >= 0.3 is 11.9 Å². The van der Waals surface area contributed by atoms with Crippen LogP contribution in [0.25, 0.3) is 0 Å². The molecule has 0 saturated carbocycles. The van der Waals surface area contributed by atoms with Crippen molar-refractivity contribution in [2.24, 2.45) is 17.2 Å². The third kappa shape index (κ3) is 15.8. The van der Waals surface area contributed by atoms with Crippen LogP contribution in [0.2, 0.25) is 0 Å². The summed E-state index contributed by atoms with van der Waals surface area (Å²) in [4.78, 5) is 95.4. The number of aliphatic carboxylic acids is 2. The fourth-order valence-electron chi connectivity index (χ4n) is 3.21. The first-order chi connectivity index (χ1) is 19.1. The largest absolute Gasteiger partial charge is 0.481 e. The summed E-state index contributed by atoms with van der Waals surface area (Å²) >= 11 is 0. The number of primary amides is 1. The number of hydrogen-bond acceptors (Lipinski definition) is 10. The van der Waals surface area contributed by atoms with Gasteiger partial charge in [0.05, 0.1) is 19.0 Å². The van der Waals surface area contributed by atoms with Gasteiger partial charge in [0, 0.05) is 6.42 Å². The summed E-state index contributed by atoms with van der Waals surface area (Å²) in [5.74, 6) is -7.91. The normalized spacial score (nSPS) is 14.2. The van der Waals surface area contributed by atoms with E-state index < -0.39 is 90.6 Å². The quantitative estimate of drug-likeness (QED) is 0.0600. The van der Waals surface area contributed by atoms with Crippen molar-refractivity contribution >= 4 is 47.4 Å². The molecular weight excluding hydrogens is 548 g/mol. The predicted molar refractivity (Wildman–Crippen MR) is 141 cm³/mol. The van der Waals surface area contributed by atoms with Crippen LogP contribution < -0.4 is 43.8 Å². The Morgan fingerprint density at radius 1 is 0.732 bits per heavy atom. The van der Waals surface area contributed by atoms with Crippen LogP contribution in [-0.4, -0.2) is 101 Å². The Hall–Kier alpha value is -4.32. The molecule has 0 aromatic rings. The first kappa shape index (κ1) is 36.7. The van der Waals surface area contributed by atoms with E-state index in [4.69, 9.17) is 27.4 Å². The second kappa shape index (κ2) is 18.9. The topological polar surface area (TPSA) is 315 Å². The highest BCUT2D eigenvalue weighted by Crippen LogP contribution is 2.05. The van der Waals surface area contributed by atoms with Gasteiger partial charge in [-0.15, -0.1) is 0 Å². The molecule has 0 heterocycles. The summed E-state index contributed by atoms with van der Waals surface area (Å²) in [6.07, 6.45) is -0.208. The number of unbranched alkanes of at least 4 members (excludes halogenated alkanes) is 1. The van der Waals surface area contributed by atoms with E-state index in [1.807, 2.05) is 5.32 Å². The molecule has 5 atom stereocenters. The van der Waals surface area contributed by atoms with E-state index in [2.05, 4.69) is 21.3 Å². The molecule has 0 aromatic carbocycles. The van der Waals surface area contributed by atoms with Gasteiger partial charge in [-0.1, -0.05) is 0 Å². The highest BCUT2D eigenvalue weighted by molar-refractivity contribution is 5.95. The van der Waals surface area contributed by atoms with E-state index in [0.717, 1.165) is 0 Å². The molecular formula is C23H40N8O10. The molecule has 18 nitrogen and oxygen atoms in total. The molecule has 41 heavy (non-hydrogen) atoms. The number of rotatable bonds is 20. The fraction of sp³-hybridized carbons (Fsp3) is 0.652. The monoisotopic (exact) mass is 588 g/mol. The zero-order valence-electron chi connectivity index (χ0n) is 22.9. The Morgan fingerprint density at radius 3 is 1.80 bits per heavy atom. The number of hydrogen-bond donors (Lipinski definition) is 10. The van der Waals surface area contributed by atoms with Gasteiger partial charge in [0.1, 0.15) is 24.2 Å². The first-order valence-corrected chi connectivity index (χ1v) is 12.8. The van der Waals surface area contributed by atoms with Crippen molar-refractivity contribution in [3.05, 3.63) is 0 Å². The molecule has 0 spiro atoms. The third-order valence-corrected chi connectivity index (χ3v) is 5.49. The number of nitrogens with two attached hydrogens (primary N) is 3. The molecule has 13 N–H and O–H groups in total. The predicted octanol–water partition coefficient (Wildman–Crippen LogP) is -4.64. The molecule has 0 bridgehead atoms. The molecule has 0 aliphatic carbocycles. The van der Waals surface area contributed by atoms with Crippen LogP contribution in [0.3, 0.4) is 0 Å². The molecule has 6 amide bonds. The standard InChI is InChI=1S/C23H40N8O10/c1-11(25)19(36)30-13(5-3-4-8-24)22(39)31-14(6-7-16(26)32)21(38)28-12(2)20(37)27-10-17(33)29-15(23(40)41)9-18(34)35/h11-15H,3-10,24-25H2,1-2H3,(H2,26,32)(H,27,37)(H,28,38)(H,29,33)(H,30,36)(H,31,39)(H,34,35)(H,40,41). The number of nitrogens with one attached hydrogen (secondary N) is 5. The lowest BCUT2D eigenvalue weighted by Crippen LogP contribution is -2.57. The molecule has 0 aliphatic rings. The van der Waals surface area contributed by atoms with Gasteiger partial charge < -0.3 is 54.0 Å². The van der Waals surface area contributed by atoms with Crippen molar-refractivity contribution < 1.29 is 48.6 Å². The Bertz CT molecular complexity index is 974. The number of carboxylic acid groups (broad SMARTS) is 2. The van der Waals surface area contributed by atoms with Crippen LogP contribution in [0, 0.1) is 0 Å². The Morgan fingerprint density at radius 2 is 1.29 bits per heavy atom. The van der Waals surface area contributed by atoms with Crippen molar-refractivity contribution in [3.8, 4) is 0 Å². The smallest absolute Gasteiger partial charge is 0.326 e. The van der Waals surface area contributed by atoms with Crippen molar-refractivity contribution in [2.75, 3.05) is 13.1 Å². The van der Waals surface area contributed by atoms with Crippen molar-refractivity contribution in [1.82, 2.24) is 26.6 Å². The minimum atomic E-state index is -1.72. The minimum absolute atomic E-state index is 0.182. The van der Waals surface area contributed by atoms with E-state index >= 15 is 0 Å². The molecule has 0 saturated heterocycles. The highest BCUT2D eigenvalue weighted by Gasteiger charge is 2.29. The lowest BCUT2D eigenvalue weighted by Gasteiger charge is -2.24. The van der Waals surface area contributed by atoms with Crippen LogP contribution in [0.1, 0.15) is 52.4 Å². The van der Waals surface area contributed by atoms with Crippen LogP contribution in [0.4, 0.5) is 0 Å². The van der Waals surface area contributed by atoms with Crippen LogP contribution in [0.5, 0.6) is 0 Å². The average Bonchev–Trinajstić information content (AvgIpc) is 2.87. The zero-order chi connectivity index (χ0) is 31.7. The zero-order valence-corrected chi connectivity index (χ0v) is 22.9. The van der Waals surface area contributed by atoms with Gasteiger partial charge in [-0.25, -0.2) is 4.79 Å². The maximum absolute atomic E-state index is 13.0. The van der Waals surface area contributed by atoms with Crippen LogP contribution in [0.15, 0.2) is 0 Å². The highest BCUT2D eigenvalue weighted by atomic mass is 16.4. The SMILES string of the molecule is CC(N)C(=O)NC(CCCCN)C(=O)NC(CCC(N)=O)C(=O)NC(C)C(=O)NCC(=O)NC(CC(=O)O)C(=O)O. The maximum Gasteiger partial charge on any atom is 0.326 e. The minimum Gasteiger partial charge on any atom is -0.481 e. The van der Waals surface area contributed by atoms with Crippen LogP contribution >= 0.6 is 0 Å². The lowest BCUT2D eigenvalue weighted by atomic mass is 10.1. The van der Waals surface area contributed by atoms with E-state index in [1.165, 1.54) is 13.8 Å². The summed E-state index contributed by atoms with van der Waals surface area (Å²) in [6.45, 7) is 2.29. The maximum atomic E-state index is 13.0. The molecule has 0 aromatic heterocycles. The number of carbonyl (C=O) groups excluding carboxylic acids is 6. The van der Waals surface area contributed by atoms with Crippen molar-refractivity contribution in [2.45, 2.75) is 82.6 Å². The first-order valence-electron chi connectivity index (χ1n) is 12.8. The van der Waals surface area contributed by atoms with Gasteiger partial charge in [0.15, 0.2) is 0 Å². The van der Waals surface area contributed by atoms with Gasteiger partial charge in [-0.05, 0) is 46.1 Å². The molecule has 0 rings (SSSR count). The lowest BCUT2D eigenvalue weighted by molar-refractivity contribution is -0.147. The van der Waals surface area contributed by atoms with E-state index in [-0.39, 0.29) is 19.3 Å². The number of carboxylic acids is 2. The number of carbonyl (C=O) groups is 8. The van der Waals surface area contributed by atoms with E-state index in [9.17, 15) is 38.4 Å². The molecule has 232 valence electrons. The van der Waals surface area contributed by atoms with E-state index in [0.29, 0.717) is 19.4 Å². The third-order valence-electron chi connectivity index (χ3n) is 5.49. The molecule has 0 fully saturated rings. The van der Waals surface area contributed by atoms with Crippen molar-refractivity contribution in [3.63, 3.8) is 0 Å². The van der Waals surface area contributed by atoms with Gasteiger partial charge in [0.25, 0.3) is 0 Å². The molecule has 0 aliphatic heterocycles. The molecule has 0 radical (unpaired) electrons. The van der Waals surface area contributed by atoms with Gasteiger partial charge in [-0.2, -0.15) is 0 Å². The average molecular weight is 589 g/mol. The fourth-order valence-corrected chi connectivity index (χ4v) is 3.21. The summed E-state index contributed by atoms with van der Waals surface area (Å²) < 4.78 is 0. The molecule has 18 heteroatoms. The summed E-state index contributed by atoms with van der Waals surface area (Å²) in [7, 11) is 0. The summed E-state index contributed by atoms with van der Waals surface area (Å²) in [6, 6.07) is -6.32. The second-order valence-corrected chi connectivity index (χ2v) is 9.20. The Balaban J connectivity index is 5.33. The molecule has 5 unspecified atom stereocenters.